The predicted octanol–water partition coefficient (Wildman–Crippen LogP) is 1.54. The molecule has 18 heavy (non-hydrogen) atoms. The van der Waals surface area contributed by atoms with Gasteiger partial charge in [-0.3, -0.25) is 10.2 Å². The molecule has 0 aromatic carbocycles. The normalized spacial score (nSPS) is 24.1. The Bertz CT molecular complexity index is 259. The summed E-state index contributed by atoms with van der Waals surface area (Å²) in [4.78, 5) is 11.8. The minimum atomic E-state index is 0.103. The molecule has 5 heteroatoms. The number of hydrazine groups is 1. The monoisotopic (exact) mass is 254 g/mol. The summed E-state index contributed by atoms with van der Waals surface area (Å²) in [6, 6.07) is 0.255. The third kappa shape index (κ3) is 4.55. The van der Waals surface area contributed by atoms with E-state index in [2.05, 4.69) is 10.9 Å². The van der Waals surface area contributed by atoms with E-state index in [1.165, 1.54) is 32.1 Å². The predicted molar refractivity (Wildman–Crippen MR) is 70.4 cm³/mol. The SMILES string of the molecule is O=C(CC1CCCCC1)NNC1CCN([O-])CC1. The van der Waals surface area contributed by atoms with Crippen LogP contribution in [0, 0.1) is 11.1 Å². The molecule has 1 saturated carbocycles. The van der Waals surface area contributed by atoms with E-state index in [0.717, 1.165) is 17.9 Å². The third-order valence-corrected chi connectivity index (χ3v) is 4.07. The number of hydrogen-bond donors (Lipinski definition) is 2. The number of rotatable bonds is 4. The Morgan fingerprint density at radius 2 is 1.78 bits per heavy atom. The number of carbonyl (C=O) groups excluding carboxylic acids is 1. The highest BCUT2D eigenvalue weighted by Gasteiger charge is 2.18. The number of hydroxylamine groups is 2. The van der Waals surface area contributed by atoms with E-state index >= 15 is 0 Å². The van der Waals surface area contributed by atoms with Crippen molar-refractivity contribution in [1.29, 1.82) is 0 Å². The van der Waals surface area contributed by atoms with Gasteiger partial charge < -0.3 is 10.3 Å². The van der Waals surface area contributed by atoms with Gasteiger partial charge in [0.05, 0.1) is 0 Å². The molecule has 1 heterocycles. The average Bonchev–Trinajstić information content (AvgIpc) is 2.39. The van der Waals surface area contributed by atoms with Crippen LogP contribution in [0.15, 0.2) is 0 Å². The molecule has 2 aliphatic rings. The molecule has 0 atom stereocenters. The first-order valence-corrected chi connectivity index (χ1v) is 7.20. The van der Waals surface area contributed by atoms with E-state index in [0.29, 0.717) is 25.4 Å². The van der Waals surface area contributed by atoms with E-state index in [9.17, 15) is 10.0 Å². The van der Waals surface area contributed by atoms with Crippen molar-refractivity contribution in [3.63, 3.8) is 0 Å². The molecule has 0 aromatic rings. The Kier molecular flexibility index (Phi) is 5.41. The van der Waals surface area contributed by atoms with Gasteiger partial charge in [-0.2, -0.15) is 0 Å². The highest BCUT2D eigenvalue weighted by atomic mass is 16.5. The van der Waals surface area contributed by atoms with E-state index in [1.54, 1.807) is 0 Å². The Balaban J connectivity index is 1.59. The molecule has 1 aliphatic heterocycles. The lowest BCUT2D eigenvalue weighted by atomic mass is 9.87. The molecular weight excluding hydrogens is 230 g/mol. The zero-order chi connectivity index (χ0) is 12.8. The largest absolute Gasteiger partial charge is 0.785 e. The van der Waals surface area contributed by atoms with Crippen molar-refractivity contribution < 1.29 is 4.79 Å². The van der Waals surface area contributed by atoms with Crippen LogP contribution in [0.3, 0.4) is 0 Å². The summed E-state index contributed by atoms with van der Waals surface area (Å²) in [5.74, 6) is 0.676. The van der Waals surface area contributed by atoms with Gasteiger partial charge in [0.15, 0.2) is 0 Å². The fourth-order valence-corrected chi connectivity index (χ4v) is 2.89. The number of piperidine rings is 1. The van der Waals surface area contributed by atoms with Crippen LogP contribution in [0.25, 0.3) is 0 Å². The van der Waals surface area contributed by atoms with Crippen LogP contribution in [0.1, 0.15) is 51.4 Å². The van der Waals surface area contributed by atoms with Gasteiger partial charge in [0.2, 0.25) is 5.91 Å². The van der Waals surface area contributed by atoms with Crippen LogP contribution in [0.5, 0.6) is 0 Å². The summed E-state index contributed by atoms with van der Waals surface area (Å²) in [7, 11) is 0. The van der Waals surface area contributed by atoms with Gasteiger partial charge in [-0.25, -0.2) is 5.43 Å². The molecule has 1 saturated heterocycles. The second-order valence-corrected chi connectivity index (χ2v) is 5.60. The molecule has 2 N–H and O–H groups in total. The van der Waals surface area contributed by atoms with E-state index in [-0.39, 0.29) is 11.9 Å². The van der Waals surface area contributed by atoms with E-state index in [4.69, 9.17) is 0 Å². The highest BCUT2D eigenvalue weighted by Crippen LogP contribution is 2.25. The van der Waals surface area contributed by atoms with Crippen molar-refractivity contribution in [2.24, 2.45) is 5.92 Å². The summed E-state index contributed by atoms with van der Waals surface area (Å²) in [5.41, 5.74) is 5.87. The highest BCUT2D eigenvalue weighted by molar-refractivity contribution is 5.75. The molecule has 5 nitrogen and oxygen atoms in total. The summed E-state index contributed by atoms with van der Waals surface area (Å²) in [6.07, 6.45) is 8.53. The van der Waals surface area contributed by atoms with Crippen molar-refractivity contribution in [1.82, 2.24) is 15.9 Å². The van der Waals surface area contributed by atoms with E-state index < -0.39 is 0 Å². The van der Waals surface area contributed by atoms with Crippen LogP contribution >= 0.6 is 0 Å². The molecular formula is C13H24N3O2-. The van der Waals surface area contributed by atoms with Crippen LogP contribution in [0.2, 0.25) is 0 Å². The van der Waals surface area contributed by atoms with Gasteiger partial charge in [-0.05, 0) is 44.7 Å². The standard InChI is InChI=1S/C13H24N3O2/c17-13(10-11-4-2-1-3-5-11)15-14-12-6-8-16(18)9-7-12/h11-12,14H,1-10H2,(H,15,17)/q-1. The summed E-state index contributed by atoms with van der Waals surface area (Å²) in [6.45, 7) is 1.13. The van der Waals surface area contributed by atoms with Crippen molar-refractivity contribution in [3.8, 4) is 0 Å². The Labute approximate surface area is 109 Å². The maximum absolute atomic E-state index is 11.8. The molecule has 2 rings (SSSR count). The van der Waals surface area contributed by atoms with Gasteiger partial charge in [-0.15, -0.1) is 0 Å². The minimum absolute atomic E-state index is 0.103. The molecule has 0 aromatic heterocycles. The van der Waals surface area contributed by atoms with Crippen molar-refractivity contribution in [2.45, 2.75) is 57.4 Å². The lowest BCUT2D eigenvalue weighted by molar-refractivity contribution is -0.123. The van der Waals surface area contributed by atoms with Crippen LogP contribution in [-0.2, 0) is 4.79 Å². The Morgan fingerprint density at radius 3 is 2.44 bits per heavy atom. The van der Waals surface area contributed by atoms with Crippen LogP contribution < -0.4 is 10.9 Å². The number of hydrogen-bond acceptors (Lipinski definition) is 4. The smallest absolute Gasteiger partial charge is 0.234 e. The molecule has 0 spiro atoms. The first kappa shape index (κ1) is 13.8. The number of nitrogens with one attached hydrogen (secondary N) is 2. The number of amides is 1. The average molecular weight is 254 g/mol. The topological polar surface area (TPSA) is 67.4 Å². The molecule has 1 aliphatic carbocycles. The van der Waals surface area contributed by atoms with Crippen molar-refractivity contribution in [3.05, 3.63) is 5.21 Å². The Hall–Kier alpha value is -0.650. The van der Waals surface area contributed by atoms with Crippen LogP contribution in [0.4, 0.5) is 0 Å². The fraction of sp³-hybridized carbons (Fsp3) is 0.923. The second kappa shape index (κ2) is 7.07. The summed E-state index contributed by atoms with van der Waals surface area (Å²) < 4.78 is 0. The molecule has 0 radical (unpaired) electrons. The van der Waals surface area contributed by atoms with Gasteiger partial charge in [0.25, 0.3) is 0 Å². The first-order chi connectivity index (χ1) is 8.74. The zero-order valence-electron chi connectivity index (χ0n) is 11.0. The second-order valence-electron chi connectivity index (χ2n) is 5.60. The van der Waals surface area contributed by atoms with Crippen molar-refractivity contribution in [2.75, 3.05) is 13.1 Å². The lowest BCUT2D eigenvalue weighted by Crippen LogP contribution is -2.49. The van der Waals surface area contributed by atoms with Crippen molar-refractivity contribution >= 4 is 5.91 Å². The molecule has 0 unspecified atom stereocenters. The van der Waals surface area contributed by atoms with E-state index in [1.807, 2.05) is 0 Å². The molecule has 104 valence electrons. The quantitative estimate of drug-likeness (QED) is 0.747. The fourth-order valence-electron chi connectivity index (χ4n) is 2.89. The zero-order valence-corrected chi connectivity index (χ0v) is 11.0. The maximum Gasteiger partial charge on any atom is 0.234 e. The van der Waals surface area contributed by atoms with Gasteiger partial charge in [-0.1, -0.05) is 19.3 Å². The molecule has 1 amide bonds. The lowest BCUT2D eigenvalue weighted by Gasteiger charge is -2.36. The Morgan fingerprint density at radius 1 is 1.11 bits per heavy atom. The number of nitrogens with zero attached hydrogens (tertiary/aromatic N) is 1. The summed E-state index contributed by atoms with van der Waals surface area (Å²) in [5, 5.41) is 12.1. The van der Waals surface area contributed by atoms with Gasteiger partial charge >= 0.3 is 0 Å². The summed E-state index contributed by atoms with van der Waals surface area (Å²) >= 11 is 0. The maximum atomic E-state index is 11.8. The third-order valence-electron chi connectivity index (χ3n) is 4.07. The van der Waals surface area contributed by atoms with Gasteiger partial charge in [0, 0.05) is 12.5 Å². The van der Waals surface area contributed by atoms with Gasteiger partial charge in [0.1, 0.15) is 0 Å². The first-order valence-electron chi connectivity index (χ1n) is 7.20. The van der Waals surface area contributed by atoms with Crippen LogP contribution in [-0.4, -0.2) is 30.1 Å². The molecule has 2 fully saturated rings. The molecule has 0 bridgehead atoms. The minimum Gasteiger partial charge on any atom is -0.785 e. The number of carbonyl (C=O) groups is 1.